The zero-order valence-corrected chi connectivity index (χ0v) is 48.1. The highest BCUT2D eigenvalue weighted by Gasteiger charge is 2.19. The minimum absolute atomic E-state index is 0.0913. The third-order valence-corrected chi connectivity index (χ3v) is 13.4. The third-order valence-electron chi connectivity index (χ3n) is 13.4. The molecule has 0 radical (unpaired) electrons. The number of unbranched alkanes of at least 4 members (excludes halogenated alkanes) is 31. The van der Waals surface area contributed by atoms with Gasteiger partial charge >= 0.3 is 17.9 Å². The Morgan fingerprint density at radius 2 is 0.534 bits per heavy atom. The number of carbonyl (C=O) groups excluding carboxylic acids is 3. The molecule has 0 aliphatic heterocycles. The van der Waals surface area contributed by atoms with Crippen molar-refractivity contribution >= 4 is 17.9 Å². The van der Waals surface area contributed by atoms with E-state index < -0.39 is 6.10 Å². The third kappa shape index (κ3) is 59.3. The Bertz CT molecular complexity index is 1400. The maximum atomic E-state index is 12.9. The van der Waals surface area contributed by atoms with Crippen LogP contribution in [0.5, 0.6) is 0 Å². The predicted octanol–water partition coefficient (Wildman–Crippen LogP) is 21.1. The maximum Gasteiger partial charge on any atom is 0.306 e. The summed E-state index contributed by atoms with van der Waals surface area (Å²) < 4.78 is 16.8. The van der Waals surface area contributed by atoms with Gasteiger partial charge in [-0.2, -0.15) is 0 Å². The van der Waals surface area contributed by atoms with Crippen LogP contribution in [0.25, 0.3) is 0 Å². The Kier molecular flexibility index (Phi) is 58.3. The van der Waals surface area contributed by atoms with E-state index in [9.17, 15) is 14.4 Å². The lowest BCUT2D eigenvalue weighted by Crippen LogP contribution is -2.30. The lowest BCUT2D eigenvalue weighted by atomic mass is 10.0. The Labute approximate surface area is 452 Å². The van der Waals surface area contributed by atoms with Crippen molar-refractivity contribution in [1.82, 2.24) is 0 Å². The molecule has 0 rings (SSSR count). The van der Waals surface area contributed by atoms with Crippen molar-refractivity contribution in [2.75, 3.05) is 13.2 Å². The van der Waals surface area contributed by atoms with Crippen LogP contribution in [0, 0.1) is 0 Å². The summed E-state index contributed by atoms with van der Waals surface area (Å²) in [4.78, 5) is 38.1. The smallest absolute Gasteiger partial charge is 0.306 e. The molecule has 0 amide bonds. The van der Waals surface area contributed by atoms with Crippen molar-refractivity contribution in [3.05, 3.63) is 85.1 Å². The van der Waals surface area contributed by atoms with E-state index in [2.05, 4.69) is 106 Å². The van der Waals surface area contributed by atoms with Crippen LogP contribution >= 0.6 is 0 Å². The first-order valence-corrected chi connectivity index (χ1v) is 31.1. The zero-order chi connectivity index (χ0) is 52.9. The molecule has 0 spiro atoms. The molecule has 0 bridgehead atoms. The molecule has 73 heavy (non-hydrogen) atoms. The zero-order valence-electron chi connectivity index (χ0n) is 48.1. The molecule has 0 saturated carbocycles. The van der Waals surface area contributed by atoms with E-state index in [1.807, 2.05) is 0 Å². The molecular formula is C67H116O6. The highest BCUT2D eigenvalue weighted by atomic mass is 16.6. The summed E-state index contributed by atoms with van der Waals surface area (Å²) in [6.45, 7) is 6.49. The SMILES string of the molecule is CC/C=C\C/C=C\C/C=C\C/C=C\C/C=C\C/C=C\C/C=C\CCCC(=O)OCC(COC(=O)CCCCCCCCCCC)OC(=O)CCCCCCCCCCCCCCCCCCCCCCCCC. The van der Waals surface area contributed by atoms with Gasteiger partial charge in [-0.15, -0.1) is 0 Å². The number of carbonyl (C=O) groups is 3. The second-order valence-corrected chi connectivity index (χ2v) is 20.6. The molecule has 0 aromatic rings. The number of rotatable bonds is 56. The van der Waals surface area contributed by atoms with Crippen molar-refractivity contribution in [3.8, 4) is 0 Å². The van der Waals surface area contributed by atoms with E-state index in [-0.39, 0.29) is 37.5 Å². The molecule has 0 aliphatic carbocycles. The summed E-state index contributed by atoms with van der Waals surface area (Å²) >= 11 is 0. The average Bonchev–Trinajstić information content (AvgIpc) is 3.39. The van der Waals surface area contributed by atoms with Gasteiger partial charge < -0.3 is 14.2 Å². The molecule has 0 fully saturated rings. The number of hydrogen-bond donors (Lipinski definition) is 0. The number of esters is 3. The average molecular weight is 1020 g/mol. The first-order chi connectivity index (χ1) is 36.0. The van der Waals surface area contributed by atoms with Crippen LogP contribution in [0.15, 0.2) is 85.1 Å². The van der Waals surface area contributed by atoms with Crippen LogP contribution in [0.1, 0.15) is 303 Å². The van der Waals surface area contributed by atoms with Crippen LogP contribution in [0.4, 0.5) is 0 Å². The van der Waals surface area contributed by atoms with E-state index in [0.29, 0.717) is 19.3 Å². The molecule has 0 aromatic carbocycles. The van der Waals surface area contributed by atoms with Crippen molar-refractivity contribution < 1.29 is 28.6 Å². The predicted molar refractivity (Wildman–Crippen MR) is 316 cm³/mol. The topological polar surface area (TPSA) is 78.9 Å². The summed E-state index contributed by atoms with van der Waals surface area (Å²) in [5.74, 6) is -0.945. The molecule has 0 N–H and O–H groups in total. The number of ether oxygens (including phenoxy) is 3. The van der Waals surface area contributed by atoms with Crippen molar-refractivity contribution in [2.45, 2.75) is 309 Å². The normalized spacial score (nSPS) is 12.6. The van der Waals surface area contributed by atoms with Gasteiger partial charge in [-0.25, -0.2) is 0 Å². The highest BCUT2D eigenvalue weighted by molar-refractivity contribution is 5.71. The first-order valence-electron chi connectivity index (χ1n) is 31.1. The second kappa shape index (κ2) is 61.1. The van der Waals surface area contributed by atoms with Gasteiger partial charge in [0, 0.05) is 19.3 Å². The molecule has 0 saturated heterocycles. The molecule has 0 heterocycles. The molecule has 420 valence electrons. The fraction of sp³-hybridized carbons (Fsp3) is 0.746. The Hall–Kier alpha value is -3.41. The van der Waals surface area contributed by atoms with Crippen LogP contribution in [-0.4, -0.2) is 37.2 Å². The molecule has 6 heteroatoms. The number of allylic oxidation sites excluding steroid dienone is 14. The Balaban J connectivity index is 4.31. The molecule has 1 atom stereocenters. The first kappa shape index (κ1) is 69.6. The van der Waals surface area contributed by atoms with Crippen LogP contribution in [-0.2, 0) is 28.6 Å². The molecule has 0 aromatic heterocycles. The van der Waals surface area contributed by atoms with E-state index in [1.54, 1.807) is 0 Å². The lowest BCUT2D eigenvalue weighted by Gasteiger charge is -2.18. The maximum absolute atomic E-state index is 12.9. The summed E-state index contributed by atoms with van der Waals surface area (Å²) in [5.41, 5.74) is 0. The Morgan fingerprint density at radius 3 is 0.836 bits per heavy atom. The minimum atomic E-state index is -0.797. The van der Waals surface area contributed by atoms with Gasteiger partial charge in [0.1, 0.15) is 13.2 Å². The largest absolute Gasteiger partial charge is 0.462 e. The fourth-order valence-electron chi connectivity index (χ4n) is 8.79. The monoisotopic (exact) mass is 1020 g/mol. The fourth-order valence-corrected chi connectivity index (χ4v) is 8.79. The van der Waals surface area contributed by atoms with Gasteiger partial charge in [0.25, 0.3) is 0 Å². The lowest BCUT2D eigenvalue weighted by molar-refractivity contribution is -0.167. The molecule has 1 unspecified atom stereocenters. The summed E-state index contributed by atoms with van der Waals surface area (Å²) in [6, 6.07) is 0. The Morgan fingerprint density at radius 1 is 0.288 bits per heavy atom. The van der Waals surface area contributed by atoms with Gasteiger partial charge in [-0.1, -0.05) is 298 Å². The van der Waals surface area contributed by atoms with Crippen molar-refractivity contribution in [3.63, 3.8) is 0 Å². The molecular weight excluding hydrogens is 901 g/mol. The van der Waals surface area contributed by atoms with E-state index in [1.165, 1.54) is 167 Å². The van der Waals surface area contributed by atoms with E-state index >= 15 is 0 Å². The van der Waals surface area contributed by atoms with Gasteiger partial charge in [-0.05, 0) is 70.6 Å². The van der Waals surface area contributed by atoms with Gasteiger partial charge in [0.2, 0.25) is 0 Å². The van der Waals surface area contributed by atoms with E-state index in [4.69, 9.17) is 14.2 Å². The molecule has 6 nitrogen and oxygen atoms in total. The summed E-state index contributed by atoms with van der Waals surface area (Å²) in [7, 11) is 0. The standard InChI is InChI=1S/C67H116O6/c1-4-7-10-13-16-19-21-23-25-27-29-31-33-35-37-39-41-43-45-48-51-54-57-60-66(69)72-63-64(62-71-65(68)59-56-53-50-47-18-15-12-9-6-3)73-67(70)61-58-55-52-49-46-44-42-40-38-36-34-32-30-28-26-24-22-20-17-14-11-8-5-2/h7,10,16,19,23,25,29,31,35,37,41,43,48,51,64H,4-6,8-9,11-15,17-18,20-22,24,26-28,30,32-34,36,38-40,42,44-47,49-50,52-63H2,1-3H3/b10-7-,19-16-,25-23-,31-29-,37-35-,43-41-,51-48-. The van der Waals surface area contributed by atoms with Crippen LogP contribution in [0.2, 0.25) is 0 Å². The van der Waals surface area contributed by atoms with Crippen LogP contribution in [0.3, 0.4) is 0 Å². The highest BCUT2D eigenvalue weighted by Crippen LogP contribution is 2.17. The summed E-state index contributed by atoms with van der Waals surface area (Å²) in [5, 5.41) is 0. The van der Waals surface area contributed by atoms with Crippen LogP contribution < -0.4 is 0 Å². The van der Waals surface area contributed by atoms with Crippen molar-refractivity contribution in [1.29, 1.82) is 0 Å². The summed E-state index contributed by atoms with van der Waals surface area (Å²) in [6.07, 6.45) is 80.4. The van der Waals surface area contributed by atoms with Crippen molar-refractivity contribution in [2.24, 2.45) is 0 Å². The van der Waals surface area contributed by atoms with Gasteiger partial charge in [-0.3, -0.25) is 14.4 Å². The number of hydrogen-bond acceptors (Lipinski definition) is 6. The van der Waals surface area contributed by atoms with Gasteiger partial charge in [0.05, 0.1) is 0 Å². The quantitative estimate of drug-likeness (QED) is 0.0261. The minimum Gasteiger partial charge on any atom is -0.462 e. The second-order valence-electron chi connectivity index (χ2n) is 20.6. The van der Waals surface area contributed by atoms with E-state index in [0.717, 1.165) is 89.9 Å². The molecule has 0 aliphatic rings. The van der Waals surface area contributed by atoms with Gasteiger partial charge in [0.15, 0.2) is 6.10 Å².